The summed E-state index contributed by atoms with van der Waals surface area (Å²) in [4.78, 5) is 0. The van der Waals surface area contributed by atoms with Gasteiger partial charge in [-0.15, -0.1) is 0 Å². The van der Waals surface area contributed by atoms with E-state index in [0.717, 1.165) is 21.5 Å². The molecule has 0 spiro atoms. The van der Waals surface area contributed by atoms with Crippen molar-refractivity contribution in [2.45, 2.75) is 45.8 Å². The standard InChI is InChI=1S/2C24H15F6.C12H9Si.2ClH.Zr/c2*1-14-9-16-7-8-20(15-5-3-2-4-6-15)22(21(16)10-14)17-11-18(23(25,26)27)13-19(12-17)24(28,29)30;1-3-7-11-9(5-1)10-6-2-4-8-12(10)13-11;;;/h2*2-13H,1H3;1-7H,13H2;2*1H;/q;;;;;+2/p-2. The summed E-state index contributed by atoms with van der Waals surface area (Å²) >= 11 is -6.58. The number of alkyl halides is 12. The molecular weight excluding hydrogens is 1140 g/mol. The van der Waals surface area contributed by atoms with Crippen LogP contribution < -0.4 is 13.6 Å². The Balaban J connectivity index is 1.23. The van der Waals surface area contributed by atoms with Gasteiger partial charge in [0.1, 0.15) is 0 Å². The molecule has 0 radical (unpaired) electrons. The van der Waals surface area contributed by atoms with Gasteiger partial charge in [0.15, 0.2) is 0 Å². The topological polar surface area (TPSA) is 0 Å². The maximum atomic E-state index is 14.7. The number of rotatable bonds is 7. The van der Waals surface area contributed by atoms with Gasteiger partial charge in [0, 0.05) is 0 Å². The number of benzene rings is 8. The zero-order chi connectivity index (χ0) is 54.1. The van der Waals surface area contributed by atoms with E-state index >= 15 is 0 Å². The average molecular weight is 1180 g/mol. The molecule has 2 aliphatic carbocycles. The normalized spacial score (nSPS) is 17.1. The Morgan fingerprint density at radius 3 is 1.18 bits per heavy atom. The predicted molar refractivity (Wildman–Crippen MR) is 278 cm³/mol. The van der Waals surface area contributed by atoms with Crippen LogP contribution in [0.1, 0.15) is 65.6 Å². The fraction of sp³-hybridized carbons (Fsp3) is 0.133. The summed E-state index contributed by atoms with van der Waals surface area (Å²) in [6.45, 7) is 3.55. The summed E-state index contributed by atoms with van der Waals surface area (Å²) in [7, 11) is 16.6. The van der Waals surface area contributed by atoms with Crippen molar-refractivity contribution in [1.29, 1.82) is 0 Å². The van der Waals surface area contributed by atoms with Crippen molar-refractivity contribution in [3.8, 4) is 55.6 Å². The molecule has 2 unspecified atom stereocenters. The molecule has 0 nitrogen and oxygen atoms in total. The van der Waals surface area contributed by atoms with Crippen molar-refractivity contribution >= 4 is 52.3 Å². The Labute approximate surface area is 439 Å². The van der Waals surface area contributed by atoms with Crippen LogP contribution in [0.3, 0.4) is 0 Å². The van der Waals surface area contributed by atoms with E-state index in [1.54, 1.807) is 111 Å². The van der Waals surface area contributed by atoms with E-state index in [0.29, 0.717) is 83.2 Å². The minimum absolute atomic E-state index is 0.0756. The van der Waals surface area contributed by atoms with E-state index in [-0.39, 0.29) is 34.4 Å². The first-order valence-electron chi connectivity index (χ1n) is 23.9. The van der Waals surface area contributed by atoms with E-state index in [1.165, 1.54) is 0 Å². The summed E-state index contributed by atoms with van der Waals surface area (Å²) < 4.78 is 175. The van der Waals surface area contributed by atoms with E-state index in [4.69, 9.17) is 17.0 Å². The molecular formula is C60H39Cl2F12SiZr. The Hall–Kier alpha value is -5.92. The molecule has 0 saturated heterocycles. The monoisotopic (exact) mass is 1180 g/mol. The third-order valence-corrected chi connectivity index (χ3v) is 38.4. The summed E-state index contributed by atoms with van der Waals surface area (Å²) in [6, 6.07) is 40.5. The molecule has 0 bridgehead atoms. The minimum atomic E-state index is -6.58. The maximum absolute atomic E-state index is 14.7. The van der Waals surface area contributed by atoms with E-state index in [9.17, 15) is 52.7 Å². The fourth-order valence-corrected chi connectivity index (χ4v) is 41.0. The predicted octanol–water partition coefficient (Wildman–Crippen LogP) is 17.5. The number of fused-ring (bicyclic) bond motifs is 5. The van der Waals surface area contributed by atoms with Gasteiger partial charge in [-0.05, 0) is 0 Å². The van der Waals surface area contributed by atoms with Crippen molar-refractivity contribution in [3.05, 3.63) is 219 Å². The van der Waals surface area contributed by atoms with Crippen molar-refractivity contribution in [2.75, 3.05) is 0 Å². The number of allylic oxidation sites excluding steroid dienone is 2. The molecule has 11 rings (SSSR count). The van der Waals surface area contributed by atoms with Crippen molar-refractivity contribution in [3.63, 3.8) is 0 Å². The Bertz CT molecular complexity index is 3500. The molecule has 16 heteroatoms. The second-order valence-electron chi connectivity index (χ2n) is 19.8. The van der Waals surface area contributed by atoms with Crippen LogP contribution in [0.4, 0.5) is 52.7 Å². The van der Waals surface area contributed by atoms with Crippen LogP contribution in [0.5, 0.6) is 0 Å². The molecule has 0 fully saturated rings. The zero-order valence-electron chi connectivity index (χ0n) is 39.9. The van der Waals surface area contributed by atoms with Gasteiger partial charge in [0.05, 0.1) is 0 Å². The van der Waals surface area contributed by atoms with Crippen molar-refractivity contribution < 1.29 is 69.1 Å². The molecule has 2 atom stereocenters. The van der Waals surface area contributed by atoms with Crippen LogP contribution in [0, 0.1) is 0 Å². The van der Waals surface area contributed by atoms with Gasteiger partial charge in [-0.3, -0.25) is 0 Å². The van der Waals surface area contributed by atoms with Crippen molar-refractivity contribution in [2.24, 2.45) is 0 Å². The first-order valence-corrected chi connectivity index (χ1v) is 35.7. The van der Waals surface area contributed by atoms with Gasteiger partial charge < -0.3 is 0 Å². The van der Waals surface area contributed by atoms with Crippen LogP contribution in [0.2, 0.25) is 0 Å². The van der Waals surface area contributed by atoms with Crippen LogP contribution >= 0.6 is 17.0 Å². The fourth-order valence-electron chi connectivity index (χ4n) is 12.2. The molecule has 3 aliphatic rings. The van der Waals surface area contributed by atoms with Crippen LogP contribution in [0.25, 0.3) is 67.8 Å². The van der Waals surface area contributed by atoms with Gasteiger partial charge >= 0.3 is 442 Å². The summed E-state index contributed by atoms with van der Waals surface area (Å²) in [5.41, 5.74) is -0.448. The molecule has 0 saturated carbocycles. The molecule has 76 heavy (non-hydrogen) atoms. The quantitative estimate of drug-likeness (QED) is 0.110. The van der Waals surface area contributed by atoms with Gasteiger partial charge in [0.25, 0.3) is 0 Å². The Morgan fingerprint density at radius 1 is 0.395 bits per heavy atom. The molecule has 1 aliphatic heterocycles. The van der Waals surface area contributed by atoms with E-state index in [1.807, 2.05) is 42.5 Å². The Kier molecular flexibility index (Phi) is 12.4. The zero-order valence-corrected chi connectivity index (χ0v) is 45.3. The second-order valence-corrected chi connectivity index (χ2v) is 42.2. The van der Waals surface area contributed by atoms with Gasteiger partial charge in [-0.25, -0.2) is 0 Å². The molecule has 8 aromatic carbocycles. The summed E-state index contributed by atoms with van der Waals surface area (Å²) in [5, 5.41) is 2.04. The summed E-state index contributed by atoms with van der Waals surface area (Å²) in [5.74, 6) is 0. The second kappa shape index (κ2) is 18.1. The molecule has 8 aromatic rings. The number of halogens is 14. The number of hydrogen-bond donors (Lipinski definition) is 0. The molecule has 385 valence electrons. The van der Waals surface area contributed by atoms with Gasteiger partial charge in [-0.2, -0.15) is 0 Å². The third-order valence-electron chi connectivity index (χ3n) is 15.2. The van der Waals surface area contributed by atoms with Gasteiger partial charge in [-0.1, -0.05) is 0 Å². The molecule has 0 N–H and O–H groups in total. The molecule has 0 amide bonds. The van der Waals surface area contributed by atoms with Crippen LogP contribution in [-0.4, -0.2) is 9.52 Å². The van der Waals surface area contributed by atoms with Crippen molar-refractivity contribution in [1.82, 2.24) is 0 Å². The average Bonchev–Trinajstić information content (AvgIpc) is 4.09. The van der Waals surface area contributed by atoms with E-state index in [2.05, 4.69) is 0 Å². The SMILES string of the molecule is CC1=Cc2c(ccc(-c3ccccc3)c2-c2cc(C(F)(F)F)cc(C(F)(F)F)c2)[CH]1[Zr]([Cl])([Cl])([c]1cccc2c1[SiH2]c1ccccc1-2)[CH]1C(C)=Cc2c1ccc(-c1ccccc1)c2-c1cc(C(F)(F)F)cc(C(F)(F)F)c1. The van der Waals surface area contributed by atoms with Gasteiger partial charge in [0.2, 0.25) is 0 Å². The van der Waals surface area contributed by atoms with Crippen LogP contribution in [-0.2, 0) is 41.1 Å². The molecule has 0 aromatic heterocycles. The number of hydrogen-bond acceptors (Lipinski definition) is 0. The Morgan fingerprint density at radius 2 is 0.776 bits per heavy atom. The molecule has 1 heterocycles. The first kappa shape index (κ1) is 52.1. The third kappa shape index (κ3) is 8.57. The van der Waals surface area contributed by atoms with Crippen LogP contribution in [0.15, 0.2) is 175 Å². The first-order chi connectivity index (χ1) is 35.7. The van der Waals surface area contributed by atoms with E-state index < -0.39 is 80.1 Å². The summed E-state index contributed by atoms with van der Waals surface area (Å²) in [6.07, 6.45) is -17.2.